The molecule has 5 atom stereocenters. The van der Waals surface area contributed by atoms with Gasteiger partial charge in [0.25, 0.3) is 0 Å². The number of hydrogen-bond acceptors (Lipinski definition) is 2. The summed E-state index contributed by atoms with van der Waals surface area (Å²) in [5.74, 6) is 0.825. The highest BCUT2D eigenvalue weighted by molar-refractivity contribution is 5.69. The van der Waals surface area contributed by atoms with E-state index in [1.54, 1.807) is 5.56 Å². The molecule has 21 heavy (non-hydrogen) atoms. The predicted octanol–water partition coefficient (Wildman–Crippen LogP) is 3.39. The third-order valence-electron chi connectivity index (χ3n) is 8.41. The van der Waals surface area contributed by atoms with Gasteiger partial charge in [-0.15, -0.1) is 0 Å². The number of piperidine rings is 1. The fourth-order valence-corrected chi connectivity index (χ4v) is 7.91. The van der Waals surface area contributed by atoms with Gasteiger partial charge >= 0.3 is 0 Å². The van der Waals surface area contributed by atoms with Gasteiger partial charge in [0.1, 0.15) is 0 Å². The minimum absolute atomic E-state index is 0.362. The van der Waals surface area contributed by atoms with Crippen LogP contribution in [-0.4, -0.2) is 29.6 Å². The van der Waals surface area contributed by atoms with Gasteiger partial charge in [0.2, 0.25) is 0 Å². The number of nitrogens with zero attached hydrogens (tertiary/aromatic N) is 1. The van der Waals surface area contributed by atoms with Crippen LogP contribution in [0.15, 0.2) is 24.3 Å². The molecule has 0 amide bonds. The molecule has 1 N–H and O–H groups in total. The van der Waals surface area contributed by atoms with Crippen LogP contribution < -0.4 is 5.32 Å². The van der Waals surface area contributed by atoms with Crippen LogP contribution in [0.2, 0.25) is 0 Å². The zero-order chi connectivity index (χ0) is 13.9. The molecule has 4 fully saturated rings. The van der Waals surface area contributed by atoms with Crippen LogP contribution in [-0.2, 0) is 5.41 Å². The summed E-state index contributed by atoms with van der Waals surface area (Å²) in [6.45, 7) is 5.26. The number of benzene rings is 1. The van der Waals surface area contributed by atoms with Crippen LogP contribution in [0.25, 0.3) is 0 Å². The van der Waals surface area contributed by atoms with Gasteiger partial charge in [-0.05, 0) is 68.2 Å². The topological polar surface area (TPSA) is 15.3 Å². The van der Waals surface area contributed by atoms with E-state index in [1.807, 2.05) is 0 Å². The molecule has 1 aromatic carbocycles. The molecule has 3 aliphatic heterocycles. The van der Waals surface area contributed by atoms with Crippen molar-refractivity contribution in [1.82, 2.24) is 4.90 Å². The van der Waals surface area contributed by atoms with E-state index in [-0.39, 0.29) is 0 Å². The Morgan fingerprint density at radius 2 is 2.00 bits per heavy atom. The minimum atomic E-state index is 0.362. The lowest BCUT2D eigenvalue weighted by molar-refractivity contribution is 0.0198. The molecule has 0 aromatic heterocycles. The molecule has 110 valence electrons. The normalized spacial score (nSPS) is 52.4. The average Bonchev–Trinajstić information content (AvgIpc) is 3.17. The molecule has 6 rings (SSSR count). The number of hydrogen-bond donors (Lipinski definition) is 1. The van der Waals surface area contributed by atoms with E-state index in [9.17, 15) is 0 Å². The average molecular weight is 280 g/mol. The van der Waals surface area contributed by atoms with Crippen molar-refractivity contribution in [2.24, 2.45) is 11.3 Å². The Hall–Kier alpha value is -1.02. The molecule has 2 nitrogen and oxygen atoms in total. The Balaban J connectivity index is 1.70. The fourth-order valence-electron chi connectivity index (χ4n) is 7.91. The first-order valence-corrected chi connectivity index (χ1v) is 8.86. The molecule has 1 aromatic rings. The van der Waals surface area contributed by atoms with Crippen molar-refractivity contribution in [3.8, 4) is 0 Å². The van der Waals surface area contributed by atoms with E-state index in [0.717, 1.165) is 12.0 Å². The Morgan fingerprint density at radius 1 is 1.10 bits per heavy atom. The minimum Gasteiger partial charge on any atom is -0.378 e. The second-order valence-electron chi connectivity index (χ2n) is 8.36. The number of fused-ring (bicyclic) bond motifs is 1. The van der Waals surface area contributed by atoms with Crippen LogP contribution in [0.4, 0.5) is 5.69 Å². The lowest BCUT2D eigenvalue weighted by Crippen LogP contribution is -2.58. The molecule has 0 radical (unpaired) electrons. The van der Waals surface area contributed by atoms with Crippen LogP contribution in [0.3, 0.4) is 0 Å². The maximum absolute atomic E-state index is 4.09. The Morgan fingerprint density at radius 3 is 2.95 bits per heavy atom. The largest absolute Gasteiger partial charge is 0.378 e. The fraction of sp³-hybridized carbons (Fsp3) is 0.684. The SMILES string of the molecule is C[C@H]1[C@]23CCCN4CC[C@@]5(c6ccccc6N[C@]15CC2)[C@@H]43. The maximum atomic E-state index is 4.09. The van der Waals surface area contributed by atoms with E-state index in [1.165, 1.54) is 50.9 Å². The van der Waals surface area contributed by atoms with Crippen molar-refractivity contribution in [2.75, 3.05) is 18.4 Å². The van der Waals surface area contributed by atoms with Gasteiger partial charge in [-0.3, -0.25) is 4.90 Å². The summed E-state index contributed by atoms with van der Waals surface area (Å²) >= 11 is 0. The second-order valence-corrected chi connectivity index (χ2v) is 8.36. The van der Waals surface area contributed by atoms with Gasteiger partial charge in [0.15, 0.2) is 0 Å². The van der Waals surface area contributed by atoms with Crippen LogP contribution in [0.5, 0.6) is 0 Å². The summed E-state index contributed by atoms with van der Waals surface area (Å²) in [7, 11) is 0. The van der Waals surface area contributed by atoms with Crippen LogP contribution >= 0.6 is 0 Å². The molecular weight excluding hydrogens is 256 g/mol. The third kappa shape index (κ3) is 0.900. The summed E-state index contributed by atoms with van der Waals surface area (Å²) in [6.07, 6.45) is 7.14. The highest BCUT2D eigenvalue weighted by Gasteiger charge is 2.82. The molecule has 5 aliphatic rings. The molecule has 2 bridgehead atoms. The summed E-state index contributed by atoms with van der Waals surface area (Å²) in [6, 6.07) is 10.1. The second kappa shape index (κ2) is 3.17. The van der Waals surface area contributed by atoms with Gasteiger partial charge in [0.05, 0.1) is 5.54 Å². The first-order chi connectivity index (χ1) is 10.2. The van der Waals surface area contributed by atoms with Crippen molar-refractivity contribution in [2.45, 2.75) is 56.0 Å². The first-order valence-electron chi connectivity index (χ1n) is 8.86. The van der Waals surface area contributed by atoms with Crippen molar-refractivity contribution >= 4 is 5.69 Å². The molecule has 3 spiro atoms. The molecule has 2 aliphatic carbocycles. The quantitative estimate of drug-likeness (QED) is 0.783. The Labute approximate surface area is 126 Å². The van der Waals surface area contributed by atoms with Gasteiger partial charge < -0.3 is 5.32 Å². The molecular formula is C19H24N2. The van der Waals surface area contributed by atoms with Gasteiger partial charge in [-0.1, -0.05) is 25.1 Å². The maximum Gasteiger partial charge on any atom is 0.0518 e. The lowest BCUT2D eigenvalue weighted by Gasteiger charge is -2.50. The standard InChI is InChI=1S/C19H24N2/c1-13-17-7-4-11-21-12-10-18(16(17)21)14-5-2-3-6-15(14)20-19(13,18)9-8-17/h2-3,5-6,13,16,20H,4,7-12H2,1H3/t13-,16-,17-,18+,19+/m0/s1. The van der Waals surface area contributed by atoms with Crippen molar-refractivity contribution in [3.63, 3.8) is 0 Å². The van der Waals surface area contributed by atoms with E-state index in [2.05, 4.69) is 41.4 Å². The Kier molecular flexibility index (Phi) is 1.74. The monoisotopic (exact) mass is 280 g/mol. The van der Waals surface area contributed by atoms with Gasteiger partial charge in [-0.2, -0.15) is 0 Å². The van der Waals surface area contributed by atoms with Crippen LogP contribution in [0, 0.1) is 11.3 Å². The summed E-state index contributed by atoms with van der Waals surface area (Å²) < 4.78 is 0. The van der Waals surface area contributed by atoms with Crippen molar-refractivity contribution in [3.05, 3.63) is 29.8 Å². The molecule has 3 heterocycles. The first kappa shape index (κ1) is 11.5. The van der Waals surface area contributed by atoms with Crippen molar-refractivity contribution < 1.29 is 0 Å². The summed E-state index contributed by atoms with van der Waals surface area (Å²) in [4.78, 5) is 2.88. The lowest BCUT2D eigenvalue weighted by atomic mass is 9.60. The third-order valence-corrected chi connectivity index (χ3v) is 8.41. The Bertz CT molecular complexity index is 655. The summed E-state index contributed by atoms with van der Waals surface area (Å²) in [5.41, 5.74) is 4.50. The zero-order valence-electron chi connectivity index (χ0n) is 12.9. The molecule has 2 heteroatoms. The van der Waals surface area contributed by atoms with Gasteiger partial charge in [0, 0.05) is 17.1 Å². The number of anilines is 1. The van der Waals surface area contributed by atoms with E-state index >= 15 is 0 Å². The highest BCUT2D eigenvalue weighted by atomic mass is 15.3. The number of para-hydroxylation sites is 1. The summed E-state index contributed by atoms with van der Waals surface area (Å²) in [5, 5.41) is 4.09. The van der Waals surface area contributed by atoms with Crippen LogP contribution in [0.1, 0.15) is 44.6 Å². The number of nitrogens with one attached hydrogen (secondary N) is 1. The van der Waals surface area contributed by atoms with E-state index < -0.39 is 0 Å². The predicted molar refractivity (Wildman–Crippen MR) is 84.5 cm³/mol. The van der Waals surface area contributed by atoms with Gasteiger partial charge in [-0.25, -0.2) is 0 Å². The zero-order valence-corrected chi connectivity index (χ0v) is 12.9. The smallest absolute Gasteiger partial charge is 0.0518 e. The van der Waals surface area contributed by atoms with E-state index in [4.69, 9.17) is 0 Å². The van der Waals surface area contributed by atoms with E-state index in [0.29, 0.717) is 16.4 Å². The van der Waals surface area contributed by atoms with Crippen molar-refractivity contribution in [1.29, 1.82) is 0 Å². The highest BCUT2D eigenvalue weighted by Crippen LogP contribution is 2.78. The molecule has 0 unspecified atom stereocenters. The number of rotatable bonds is 0. The molecule has 2 saturated heterocycles. The molecule has 2 saturated carbocycles.